The number of pyridine rings is 1. The Balaban J connectivity index is 1.58. The van der Waals surface area contributed by atoms with Crippen LogP contribution in [-0.4, -0.2) is 24.3 Å². The van der Waals surface area contributed by atoms with Crippen LogP contribution in [-0.2, 0) is 16.4 Å². The van der Waals surface area contributed by atoms with E-state index in [1.165, 1.54) is 5.41 Å². The standard InChI is InChI=1S/C17H17N3O2S/c21-23(22,13-10-15-6-2-1-3-7-15)18-11-9-16-14-20-12-5-4-8-17(20)19-16/h1-8,10,12-14,18H,9,11H2/b13-10+. The highest BCUT2D eigenvalue weighted by Crippen LogP contribution is 2.05. The van der Waals surface area contributed by atoms with Gasteiger partial charge in [-0.1, -0.05) is 36.4 Å². The van der Waals surface area contributed by atoms with Gasteiger partial charge < -0.3 is 4.40 Å². The first-order chi connectivity index (χ1) is 11.1. The number of benzene rings is 1. The van der Waals surface area contributed by atoms with Gasteiger partial charge in [-0.2, -0.15) is 0 Å². The van der Waals surface area contributed by atoms with Crippen molar-refractivity contribution in [3.63, 3.8) is 0 Å². The van der Waals surface area contributed by atoms with Crippen LogP contribution in [0.25, 0.3) is 11.7 Å². The molecule has 2 heterocycles. The third kappa shape index (κ3) is 4.28. The molecular formula is C17H17N3O2S. The fourth-order valence-electron chi connectivity index (χ4n) is 2.21. The van der Waals surface area contributed by atoms with Gasteiger partial charge in [-0.25, -0.2) is 18.1 Å². The molecule has 2 aromatic heterocycles. The molecule has 6 heteroatoms. The smallest absolute Gasteiger partial charge is 0.233 e. The van der Waals surface area contributed by atoms with Crippen molar-refractivity contribution in [3.05, 3.63) is 77.6 Å². The highest BCUT2D eigenvalue weighted by atomic mass is 32.2. The molecule has 0 bridgehead atoms. The lowest BCUT2D eigenvalue weighted by atomic mass is 10.2. The summed E-state index contributed by atoms with van der Waals surface area (Å²) in [7, 11) is -3.45. The molecule has 0 amide bonds. The molecule has 118 valence electrons. The van der Waals surface area contributed by atoms with Crippen molar-refractivity contribution in [1.82, 2.24) is 14.1 Å². The first kappa shape index (κ1) is 15.5. The van der Waals surface area contributed by atoms with Gasteiger partial charge in [0.2, 0.25) is 10.0 Å². The highest BCUT2D eigenvalue weighted by Gasteiger charge is 2.06. The van der Waals surface area contributed by atoms with E-state index in [2.05, 4.69) is 9.71 Å². The van der Waals surface area contributed by atoms with E-state index < -0.39 is 10.0 Å². The monoisotopic (exact) mass is 327 g/mol. The van der Waals surface area contributed by atoms with Crippen LogP contribution in [0.2, 0.25) is 0 Å². The second-order valence-corrected chi connectivity index (χ2v) is 6.75. The summed E-state index contributed by atoms with van der Waals surface area (Å²) in [4.78, 5) is 4.44. The average molecular weight is 327 g/mol. The van der Waals surface area contributed by atoms with E-state index in [1.807, 2.05) is 65.3 Å². The van der Waals surface area contributed by atoms with Gasteiger partial charge in [-0.05, 0) is 23.8 Å². The van der Waals surface area contributed by atoms with Crippen molar-refractivity contribution < 1.29 is 8.42 Å². The predicted molar refractivity (Wildman–Crippen MR) is 91.3 cm³/mol. The van der Waals surface area contributed by atoms with Crippen molar-refractivity contribution in [2.75, 3.05) is 6.54 Å². The van der Waals surface area contributed by atoms with E-state index in [9.17, 15) is 8.42 Å². The number of fused-ring (bicyclic) bond motifs is 1. The number of nitrogens with one attached hydrogen (secondary N) is 1. The minimum atomic E-state index is -3.45. The topological polar surface area (TPSA) is 63.5 Å². The lowest BCUT2D eigenvalue weighted by Crippen LogP contribution is -2.23. The van der Waals surface area contributed by atoms with E-state index >= 15 is 0 Å². The quantitative estimate of drug-likeness (QED) is 0.756. The summed E-state index contributed by atoms with van der Waals surface area (Å²) in [5.74, 6) is 0. The molecule has 5 nitrogen and oxygen atoms in total. The molecule has 0 aliphatic rings. The van der Waals surface area contributed by atoms with Crippen LogP contribution in [0.3, 0.4) is 0 Å². The second-order valence-electron chi connectivity index (χ2n) is 5.10. The summed E-state index contributed by atoms with van der Waals surface area (Å²) >= 11 is 0. The van der Waals surface area contributed by atoms with E-state index in [0.717, 1.165) is 16.9 Å². The first-order valence-electron chi connectivity index (χ1n) is 7.28. The lowest BCUT2D eigenvalue weighted by molar-refractivity contribution is 0.591. The van der Waals surface area contributed by atoms with Crippen LogP contribution in [0.5, 0.6) is 0 Å². The van der Waals surface area contributed by atoms with Crippen LogP contribution in [0.4, 0.5) is 0 Å². The van der Waals surface area contributed by atoms with Gasteiger partial charge >= 0.3 is 0 Å². The molecule has 0 radical (unpaired) electrons. The van der Waals surface area contributed by atoms with E-state index in [4.69, 9.17) is 0 Å². The summed E-state index contributed by atoms with van der Waals surface area (Å²) in [6, 6.07) is 15.1. The van der Waals surface area contributed by atoms with Gasteiger partial charge in [0.05, 0.1) is 5.69 Å². The zero-order valence-corrected chi connectivity index (χ0v) is 13.3. The molecule has 0 unspecified atom stereocenters. The van der Waals surface area contributed by atoms with Crippen molar-refractivity contribution in [3.8, 4) is 0 Å². The molecule has 1 aromatic carbocycles. The van der Waals surface area contributed by atoms with Gasteiger partial charge in [-0.3, -0.25) is 0 Å². The molecule has 0 atom stereocenters. The molecule has 3 aromatic rings. The molecule has 1 N–H and O–H groups in total. The Hall–Kier alpha value is -2.44. The molecule has 0 saturated heterocycles. The van der Waals surface area contributed by atoms with Crippen LogP contribution < -0.4 is 4.72 Å². The molecule has 3 rings (SSSR count). The third-order valence-electron chi connectivity index (χ3n) is 3.34. The van der Waals surface area contributed by atoms with E-state index in [-0.39, 0.29) is 0 Å². The Morgan fingerprint density at radius 2 is 1.87 bits per heavy atom. The summed E-state index contributed by atoms with van der Waals surface area (Å²) in [6.45, 7) is 0.311. The zero-order valence-electron chi connectivity index (χ0n) is 12.5. The van der Waals surface area contributed by atoms with Gasteiger partial charge in [0, 0.05) is 30.8 Å². The number of imidazole rings is 1. The Morgan fingerprint density at radius 3 is 2.65 bits per heavy atom. The molecule has 0 aliphatic carbocycles. The number of hydrogen-bond donors (Lipinski definition) is 1. The number of rotatable bonds is 6. The Labute approximate surface area is 135 Å². The van der Waals surface area contributed by atoms with Crippen molar-refractivity contribution in [2.45, 2.75) is 6.42 Å². The molecule has 0 fully saturated rings. The van der Waals surface area contributed by atoms with Crippen LogP contribution in [0.15, 0.2) is 66.3 Å². The Morgan fingerprint density at radius 1 is 1.09 bits per heavy atom. The van der Waals surface area contributed by atoms with Crippen molar-refractivity contribution in [2.24, 2.45) is 0 Å². The van der Waals surface area contributed by atoms with Gasteiger partial charge in [0.15, 0.2) is 0 Å². The number of hydrogen-bond acceptors (Lipinski definition) is 3. The van der Waals surface area contributed by atoms with Gasteiger partial charge in [0.25, 0.3) is 0 Å². The average Bonchev–Trinajstić information content (AvgIpc) is 2.96. The largest absolute Gasteiger partial charge is 0.307 e. The fourth-order valence-corrected chi connectivity index (χ4v) is 3.03. The molecule has 0 spiro atoms. The van der Waals surface area contributed by atoms with Crippen LogP contribution in [0, 0.1) is 0 Å². The maximum Gasteiger partial charge on any atom is 0.233 e. The van der Waals surface area contributed by atoms with Crippen molar-refractivity contribution in [1.29, 1.82) is 0 Å². The third-order valence-corrected chi connectivity index (χ3v) is 4.44. The molecule has 0 aliphatic heterocycles. The SMILES string of the molecule is O=S(=O)(/C=C/c1ccccc1)NCCc1cn2ccccc2n1. The van der Waals surface area contributed by atoms with E-state index in [1.54, 1.807) is 6.08 Å². The Kier molecular flexibility index (Phi) is 4.55. The van der Waals surface area contributed by atoms with Crippen LogP contribution in [0.1, 0.15) is 11.3 Å². The zero-order chi connectivity index (χ0) is 16.1. The fraction of sp³-hybridized carbons (Fsp3) is 0.118. The second kappa shape index (κ2) is 6.76. The predicted octanol–water partition coefficient (Wildman–Crippen LogP) is 2.47. The molecule has 23 heavy (non-hydrogen) atoms. The van der Waals surface area contributed by atoms with Crippen molar-refractivity contribution >= 4 is 21.7 Å². The molecular weight excluding hydrogens is 310 g/mol. The summed E-state index contributed by atoms with van der Waals surface area (Å²) in [6.07, 6.45) is 5.94. The first-order valence-corrected chi connectivity index (χ1v) is 8.82. The highest BCUT2D eigenvalue weighted by molar-refractivity contribution is 7.92. The maximum absolute atomic E-state index is 11.9. The van der Waals surface area contributed by atoms with Crippen LogP contribution >= 0.6 is 0 Å². The molecule has 0 saturated carbocycles. The normalized spacial score (nSPS) is 12.2. The minimum Gasteiger partial charge on any atom is -0.307 e. The summed E-state index contributed by atoms with van der Waals surface area (Å²) < 4.78 is 28.4. The number of aromatic nitrogens is 2. The van der Waals surface area contributed by atoms with Gasteiger partial charge in [-0.15, -0.1) is 0 Å². The van der Waals surface area contributed by atoms with E-state index in [0.29, 0.717) is 13.0 Å². The summed E-state index contributed by atoms with van der Waals surface area (Å²) in [5.41, 5.74) is 2.55. The summed E-state index contributed by atoms with van der Waals surface area (Å²) in [5, 5.41) is 1.19. The number of sulfonamides is 1. The number of nitrogens with zero attached hydrogens (tertiary/aromatic N) is 2. The minimum absolute atomic E-state index is 0.311. The maximum atomic E-state index is 11.9. The Bertz CT molecular complexity index is 882. The lowest BCUT2D eigenvalue weighted by Gasteiger charge is -2.01. The van der Waals surface area contributed by atoms with Gasteiger partial charge in [0.1, 0.15) is 5.65 Å².